The van der Waals surface area contributed by atoms with Gasteiger partial charge in [0.1, 0.15) is 6.61 Å². The summed E-state index contributed by atoms with van der Waals surface area (Å²) in [5.41, 5.74) is 0.666. The zero-order chi connectivity index (χ0) is 8.97. The van der Waals surface area contributed by atoms with Crippen molar-refractivity contribution in [1.29, 1.82) is 0 Å². The molecule has 0 spiro atoms. The summed E-state index contributed by atoms with van der Waals surface area (Å²) in [7, 11) is 1.51. The molecule has 0 aliphatic heterocycles. The predicted molar refractivity (Wildman–Crippen MR) is 50.3 cm³/mol. The van der Waals surface area contributed by atoms with Gasteiger partial charge in [-0.1, -0.05) is 34.1 Å². The van der Waals surface area contributed by atoms with Crippen LogP contribution in [0.4, 0.5) is 0 Å². The maximum absolute atomic E-state index is 11.3. The van der Waals surface area contributed by atoms with Crippen LogP contribution in [0.2, 0.25) is 0 Å². The fourth-order valence-electron chi connectivity index (χ4n) is 0.896. The molecule has 12 heavy (non-hydrogen) atoms. The van der Waals surface area contributed by atoms with E-state index in [1.807, 2.05) is 18.2 Å². The molecular formula is C9H9BrO2. The Bertz CT molecular complexity index is 284. The van der Waals surface area contributed by atoms with Gasteiger partial charge in [-0.05, 0) is 6.07 Å². The molecule has 0 bridgehead atoms. The second kappa shape index (κ2) is 4.38. The summed E-state index contributed by atoms with van der Waals surface area (Å²) >= 11 is 3.29. The van der Waals surface area contributed by atoms with Gasteiger partial charge in [-0.2, -0.15) is 0 Å². The van der Waals surface area contributed by atoms with Gasteiger partial charge < -0.3 is 4.74 Å². The third-order valence-electron chi connectivity index (χ3n) is 1.45. The summed E-state index contributed by atoms with van der Waals surface area (Å²) in [5, 5.41) is 0. The number of hydrogen-bond acceptors (Lipinski definition) is 2. The fraction of sp³-hybridized carbons (Fsp3) is 0.222. The molecule has 0 amide bonds. The molecule has 0 heterocycles. The van der Waals surface area contributed by atoms with Gasteiger partial charge in [-0.25, -0.2) is 0 Å². The quantitative estimate of drug-likeness (QED) is 0.743. The first-order valence-electron chi connectivity index (χ1n) is 3.52. The highest BCUT2D eigenvalue weighted by Gasteiger charge is 2.07. The standard InChI is InChI=1S/C9H9BrO2/c1-12-6-9(11)7-4-2-3-5-8(7)10/h2-5H,6H2,1H3. The number of halogens is 1. The van der Waals surface area contributed by atoms with E-state index in [0.717, 1.165) is 4.47 Å². The number of benzene rings is 1. The van der Waals surface area contributed by atoms with Crippen molar-refractivity contribution in [3.8, 4) is 0 Å². The SMILES string of the molecule is COCC(=O)c1ccccc1Br. The van der Waals surface area contributed by atoms with E-state index >= 15 is 0 Å². The predicted octanol–water partition coefficient (Wildman–Crippen LogP) is 2.28. The van der Waals surface area contributed by atoms with Crippen LogP contribution in [-0.4, -0.2) is 19.5 Å². The van der Waals surface area contributed by atoms with Crippen LogP contribution < -0.4 is 0 Å². The van der Waals surface area contributed by atoms with Crippen LogP contribution >= 0.6 is 15.9 Å². The molecule has 2 nitrogen and oxygen atoms in total. The van der Waals surface area contributed by atoms with Crippen molar-refractivity contribution < 1.29 is 9.53 Å². The summed E-state index contributed by atoms with van der Waals surface area (Å²) in [4.78, 5) is 11.3. The highest BCUT2D eigenvalue weighted by atomic mass is 79.9. The minimum Gasteiger partial charge on any atom is -0.377 e. The largest absolute Gasteiger partial charge is 0.377 e. The van der Waals surface area contributed by atoms with Crippen LogP contribution in [0.3, 0.4) is 0 Å². The highest BCUT2D eigenvalue weighted by molar-refractivity contribution is 9.10. The van der Waals surface area contributed by atoms with Crippen molar-refractivity contribution in [3.05, 3.63) is 34.3 Å². The average molecular weight is 229 g/mol. The van der Waals surface area contributed by atoms with Gasteiger partial charge in [0.05, 0.1) is 0 Å². The van der Waals surface area contributed by atoms with Crippen molar-refractivity contribution in [2.75, 3.05) is 13.7 Å². The molecular weight excluding hydrogens is 220 g/mol. The third-order valence-corrected chi connectivity index (χ3v) is 2.14. The van der Waals surface area contributed by atoms with Gasteiger partial charge in [0.25, 0.3) is 0 Å². The highest BCUT2D eigenvalue weighted by Crippen LogP contribution is 2.16. The monoisotopic (exact) mass is 228 g/mol. The van der Waals surface area contributed by atoms with E-state index in [0.29, 0.717) is 5.56 Å². The second-order valence-corrected chi connectivity index (χ2v) is 3.19. The first kappa shape index (κ1) is 9.42. The molecule has 0 unspecified atom stereocenters. The molecule has 0 saturated heterocycles. The summed E-state index contributed by atoms with van der Waals surface area (Å²) in [6, 6.07) is 7.30. The van der Waals surface area contributed by atoms with E-state index in [9.17, 15) is 4.79 Å². The lowest BCUT2D eigenvalue weighted by Gasteiger charge is -2.01. The molecule has 1 aromatic carbocycles. The Hall–Kier alpha value is -0.670. The molecule has 0 radical (unpaired) electrons. The number of hydrogen-bond donors (Lipinski definition) is 0. The number of methoxy groups -OCH3 is 1. The van der Waals surface area contributed by atoms with Gasteiger partial charge in [0.2, 0.25) is 0 Å². The fourth-order valence-corrected chi connectivity index (χ4v) is 1.40. The number of Topliss-reactive ketones (excluding diaryl/α,β-unsaturated/α-hetero) is 1. The van der Waals surface area contributed by atoms with Gasteiger partial charge >= 0.3 is 0 Å². The lowest BCUT2D eigenvalue weighted by molar-refractivity contribution is 0.0847. The van der Waals surface area contributed by atoms with Crippen LogP contribution in [0.1, 0.15) is 10.4 Å². The normalized spacial score (nSPS) is 9.83. The number of rotatable bonds is 3. The lowest BCUT2D eigenvalue weighted by Crippen LogP contribution is -2.07. The second-order valence-electron chi connectivity index (χ2n) is 2.34. The summed E-state index contributed by atoms with van der Waals surface area (Å²) < 4.78 is 5.55. The number of ketones is 1. The van der Waals surface area contributed by atoms with E-state index < -0.39 is 0 Å². The molecule has 0 fully saturated rings. The number of carbonyl (C=O) groups excluding carboxylic acids is 1. The topological polar surface area (TPSA) is 26.3 Å². The van der Waals surface area contributed by atoms with Crippen molar-refractivity contribution in [2.24, 2.45) is 0 Å². The minimum atomic E-state index is -0.00928. The van der Waals surface area contributed by atoms with Crippen LogP contribution in [0.25, 0.3) is 0 Å². The smallest absolute Gasteiger partial charge is 0.189 e. The maximum atomic E-state index is 11.3. The van der Waals surface area contributed by atoms with E-state index in [4.69, 9.17) is 4.74 Å². The van der Waals surface area contributed by atoms with Gasteiger partial charge in [-0.3, -0.25) is 4.79 Å². The molecule has 64 valence electrons. The summed E-state index contributed by atoms with van der Waals surface area (Å²) in [5.74, 6) is -0.00928. The Balaban J connectivity index is 2.87. The number of carbonyl (C=O) groups is 1. The molecule has 0 aliphatic rings. The number of ether oxygens (including phenoxy) is 1. The van der Waals surface area contributed by atoms with Crippen molar-refractivity contribution in [2.45, 2.75) is 0 Å². The van der Waals surface area contributed by atoms with Crippen LogP contribution in [0, 0.1) is 0 Å². The molecule has 1 rings (SSSR count). The molecule has 0 N–H and O–H groups in total. The zero-order valence-electron chi connectivity index (χ0n) is 6.71. The molecule has 0 atom stereocenters. The molecule has 0 aliphatic carbocycles. The summed E-state index contributed by atoms with van der Waals surface area (Å²) in [6.45, 7) is 0.128. The lowest BCUT2D eigenvalue weighted by atomic mass is 10.1. The van der Waals surface area contributed by atoms with Crippen LogP contribution in [0.15, 0.2) is 28.7 Å². The van der Waals surface area contributed by atoms with Gasteiger partial charge in [0.15, 0.2) is 5.78 Å². The zero-order valence-corrected chi connectivity index (χ0v) is 8.30. The van der Waals surface area contributed by atoms with E-state index in [2.05, 4.69) is 15.9 Å². The van der Waals surface area contributed by atoms with E-state index in [1.165, 1.54) is 7.11 Å². The Kier molecular flexibility index (Phi) is 3.44. The first-order valence-corrected chi connectivity index (χ1v) is 4.31. The Labute approximate surface area is 79.7 Å². The molecule has 3 heteroatoms. The third kappa shape index (κ3) is 2.16. The molecule has 0 saturated carbocycles. The average Bonchev–Trinajstić information content (AvgIpc) is 2.05. The van der Waals surface area contributed by atoms with Crippen LogP contribution in [0.5, 0.6) is 0 Å². The Morgan fingerprint density at radius 1 is 1.50 bits per heavy atom. The van der Waals surface area contributed by atoms with Gasteiger partial charge in [0, 0.05) is 17.1 Å². The van der Waals surface area contributed by atoms with E-state index in [-0.39, 0.29) is 12.4 Å². The maximum Gasteiger partial charge on any atom is 0.189 e. The first-order chi connectivity index (χ1) is 5.75. The van der Waals surface area contributed by atoms with E-state index in [1.54, 1.807) is 6.07 Å². The van der Waals surface area contributed by atoms with Crippen molar-refractivity contribution in [1.82, 2.24) is 0 Å². The van der Waals surface area contributed by atoms with Gasteiger partial charge in [-0.15, -0.1) is 0 Å². The van der Waals surface area contributed by atoms with Crippen molar-refractivity contribution >= 4 is 21.7 Å². The summed E-state index contributed by atoms with van der Waals surface area (Å²) in [6.07, 6.45) is 0. The Morgan fingerprint density at radius 3 is 2.75 bits per heavy atom. The minimum absolute atomic E-state index is 0.00928. The van der Waals surface area contributed by atoms with Crippen molar-refractivity contribution in [3.63, 3.8) is 0 Å². The molecule has 0 aromatic heterocycles. The Morgan fingerprint density at radius 2 is 2.17 bits per heavy atom. The van der Waals surface area contributed by atoms with Crippen LogP contribution in [-0.2, 0) is 4.74 Å². The molecule has 1 aromatic rings.